The van der Waals surface area contributed by atoms with Crippen molar-refractivity contribution in [2.24, 2.45) is 0 Å². The molecular weight excluding hydrogens is 317 g/mol. The quantitative estimate of drug-likeness (QED) is 0.778. The number of rotatable bonds is 4. The number of carbonyl (C=O) groups is 1. The predicted octanol–water partition coefficient (Wildman–Crippen LogP) is -0.00250. The highest BCUT2D eigenvalue weighted by molar-refractivity contribution is 5.85. The Hall–Kier alpha value is -0.110. The zero-order valence-electron chi connectivity index (χ0n) is 12.7. The Morgan fingerprint density at radius 3 is 2.71 bits per heavy atom. The summed E-state index contributed by atoms with van der Waals surface area (Å²) in [6, 6.07) is 0.226. The van der Waals surface area contributed by atoms with Crippen LogP contribution in [-0.4, -0.2) is 87.4 Å². The molecule has 0 radical (unpaired) electrons. The van der Waals surface area contributed by atoms with Gasteiger partial charge in [-0.05, 0) is 6.92 Å². The molecule has 0 spiro atoms. The highest BCUT2D eigenvalue weighted by Crippen LogP contribution is 2.11. The van der Waals surface area contributed by atoms with Crippen molar-refractivity contribution in [3.8, 4) is 0 Å². The van der Waals surface area contributed by atoms with Crippen LogP contribution in [0.15, 0.2) is 0 Å². The van der Waals surface area contributed by atoms with Crippen molar-refractivity contribution in [2.75, 3.05) is 59.7 Å². The van der Waals surface area contributed by atoms with E-state index in [0.717, 1.165) is 39.3 Å². The molecule has 0 aromatic rings. The third-order valence-corrected chi connectivity index (χ3v) is 3.88. The molecule has 2 unspecified atom stereocenters. The number of nitrogens with one attached hydrogen (secondary N) is 1. The van der Waals surface area contributed by atoms with Gasteiger partial charge in [0.15, 0.2) is 0 Å². The summed E-state index contributed by atoms with van der Waals surface area (Å²) in [6.45, 7) is 8.32. The maximum Gasteiger partial charge on any atom is 0.242 e. The van der Waals surface area contributed by atoms with Gasteiger partial charge >= 0.3 is 0 Å². The molecular formula is C13H27Cl2N3O3. The Morgan fingerprint density at radius 1 is 1.38 bits per heavy atom. The van der Waals surface area contributed by atoms with Crippen molar-refractivity contribution in [1.29, 1.82) is 0 Å². The molecule has 2 heterocycles. The average Bonchev–Trinajstić information content (AvgIpc) is 2.46. The fourth-order valence-corrected chi connectivity index (χ4v) is 2.68. The van der Waals surface area contributed by atoms with E-state index in [2.05, 4.69) is 17.1 Å². The first-order valence-corrected chi connectivity index (χ1v) is 7.05. The summed E-state index contributed by atoms with van der Waals surface area (Å²) in [6.07, 6.45) is 0. The van der Waals surface area contributed by atoms with E-state index in [4.69, 9.17) is 9.47 Å². The summed E-state index contributed by atoms with van der Waals surface area (Å²) < 4.78 is 10.5. The number of hydrogen-bond donors (Lipinski definition) is 1. The fourth-order valence-electron chi connectivity index (χ4n) is 2.68. The van der Waals surface area contributed by atoms with Crippen LogP contribution in [0, 0.1) is 0 Å². The van der Waals surface area contributed by atoms with E-state index in [1.165, 1.54) is 0 Å². The minimum absolute atomic E-state index is 0. The Bertz CT molecular complexity index is 304. The molecule has 0 bridgehead atoms. The van der Waals surface area contributed by atoms with E-state index in [1.54, 1.807) is 7.11 Å². The lowest BCUT2D eigenvalue weighted by Gasteiger charge is -2.41. The lowest BCUT2D eigenvalue weighted by atomic mass is 10.1. The van der Waals surface area contributed by atoms with Gasteiger partial charge in [0.05, 0.1) is 19.8 Å². The molecule has 0 aromatic carbocycles. The average molecular weight is 344 g/mol. The number of piperazine rings is 1. The van der Waals surface area contributed by atoms with Crippen LogP contribution >= 0.6 is 24.8 Å². The molecule has 2 saturated heterocycles. The highest BCUT2D eigenvalue weighted by Gasteiger charge is 2.31. The topological polar surface area (TPSA) is 54.0 Å². The van der Waals surface area contributed by atoms with E-state index in [-0.39, 0.29) is 36.8 Å². The molecule has 8 heteroatoms. The van der Waals surface area contributed by atoms with Gasteiger partial charge in [-0.3, -0.25) is 9.69 Å². The Kier molecular flexibility index (Phi) is 10.5. The van der Waals surface area contributed by atoms with Crippen LogP contribution in [-0.2, 0) is 14.3 Å². The van der Waals surface area contributed by atoms with Crippen molar-refractivity contribution >= 4 is 30.7 Å². The number of halogens is 2. The first-order valence-electron chi connectivity index (χ1n) is 7.05. The maximum absolute atomic E-state index is 12.4. The van der Waals surface area contributed by atoms with Gasteiger partial charge < -0.3 is 19.7 Å². The summed E-state index contributed by atoms with van der Waals surface area (Å²) in [4.78, 5) is 16.7. The van der Waals surface area contributed by atoms with Gasteiger partial charge in [-0.15, -0.1) is 24.8 Å². The molecule has 6 nitrogen and oxygen atoms in total. The van der Waals surface area contributed by atoms with Gasteiger partial charge in [0.1, 0.15) is 6.04 Å². The molecule has 2 fully saturated rings. The molecule has 2 atom stereocenters. The molecule has 1 N–H and O–H groups in total. The summed E-state index contributed by atoms with van der Waals surface area (Å²) in [5.74, 6) is 0.179. The third-order valence-electron chi connectivity index (χ3n) is 3.88. The lowest BCUT2D eigenvalue weighted by molar-refractivity contribution is -0.139. The molecule has 2 aliphatic rings. The number of amides is 1. The van der Waals surface area contributed by atoms with Crippen LogP contribution in [0.4, 0.5) is 0 Å². The monoisotopic (exact) mass is 343 g/mol. The predicted molar refractivity (Wildman–Crippen MR) is 86.6 cm³/mol. The van der Waals surface area contributed by atoms with E-state index in [9.17, 15) is 4.79 Å². The molecule has 21 heavy (non-hydrogen) atoms. The fraction of sp³-hybridized carbons (Fsp3) is 0.923. The number of hydrogen-bond acceptors (Lipinski definition) is 5. The molecule has 2 aliphatic heterocycles. The Balaban J connectivity index is 0.00000200. The van der Waals surface area contributed by atoms with Gasteiger partial charge in [-0.1, -0.05) is 0 Å². The minimum Gasteiger partial charge on any atom is -0.383 e. The van der Waals surface area contributed by atoms with Gasteiger partial charge in [-0.25, -0.2) is 0 Å². The van der Waals surface area contributed by atoms with E-state index < -0.39 is 0 Å². The first kappa shape index (κ1) is 20.9. The number of nitrogens with zero attached hydrogens (tertiary/aromatic N) is 2. The SMILES string of the molecule is COCCN1CCN(C(=O)C2COCCN2)CC1C.Cl.Cl. The second-order valence-corrected chi connectivity index (χ2v) is 5.24. The van der Waals surface area contributed by atoms with E-state index in [0.29, 0.717) is 19.3 Å². The molecule has 0 saturated carbocycles. The van der Waals surface area contributed by atoms with Crippen LogP contribution in [0.5, 0.6) is 0 Å². The van der Waals surface area contributed by atoms with E-state index >= 15 is 0 Å². The van der Waals surface area contributed by atoms with Crippen LogP contribution < -0.4 is 5.32 Å². The Morgan fingerprint density at radius 2 is 2.14 bits per heavy atom. The van der Waals surface area contributed by atoms with Crippen molar-refractivity contribution in [3.63, 3.8) is 0 Å². The first-order chi connectivity index (χ1) is 9.22. The second kappa shape index (κ2) is 10.6. The summed E-state index contributed by atoms with van der Waals surface area (Å²) >= 11 is 0. The smallest absolute Gasteiger partial charge is 0.242 e. The van der Waals surface area contributed by atoms with Crippen molar-refractivity contribution in [3.05, 3.63) is 0 Å². The van der Waals surface area contributed by atoms with Gasteiger partial charge in [0.2, 0.25) is 5.91 Å². The van der Waals surface area contributed by atoms with Gasteiger partial charge in [0, 0.05) is 45.9 Å². The number of carbonyl (C=O) groups excluding carboxylic acids is 1. The number of methoxy groups -OCH3 is 1. The van der Waals surface area contributed by atoms with Crippen LogP contribution in [0.2, 0.25) is 0 Å². The van der Waals surface area contributed by atoms with Gasteiger partial charge in [-0.2, -0.15) is 0 Å². The molecule has 1 amide bonds. The second-order valence-electron chi connectivity index (χ2n) is 5.24. The van der Waals surface area contributed by atoms with Crippen LogP contribution in [0.3, 0.4) is 0 Å². The number of morpholine rings is 1. The van der Waals surface area contributed by atoms with Crippen LogP contribution in [0.25, 0.3) is 0 Å². The van der Waals surface area contributed by atoms with Gasteiger partial charge in [0.25, 0.3) is 0 Å². The zero-order chi connectivity index (χ0) is 13.7. The largest absolute Gasteiger partial charge is 0.383 e. The number of ether oxygens (including phenoxy) is 2. The standard InChI is InChI=1S/C13H25N3O3.2ClH/c1-11-9-16(5-4-15(11)6-8-18-2)13(17)12-10-19-7-3-14-12;;/h11-12,14H,3-10H2,1-2H3;2*1H. The van der Waals surface area contributed by atoms with Crippen molar-refractivity contribution < 1.29 is 14.3 Å². The zero-order valence-corrected chi connectivity index (χ0v) is 14.4. The minimum atomic E-state index is -0.161. The summed E-state index contributed by atoms with van der Waals surface area (Å²) in [5, 5.41) is 3.23. The molecule has 126 valence electrons. The summed E-state index contributed by atoms with van der Waals surface area (Å²) in [7, 11) is 1.72. The van der Waals surface area contributed by atoms with E-state index in [1.807, 2.05) is 4.90 Å². The molecule has 2 rings (SSSR count). The lowest BCUT2D eigenvalue weighted by Crippen LogP contribution is -2.59. The Labute approximate surface area is 139 Å². The third kappa shape index (κ3) is 5.88. The van der Waals surface area contributed by atoms with Crippen molar-refractivity contribution in [1.82, 2.24) is 15.1 Å². The van der Waals surface area contributed by atoms with Crippen LogP contribution in [0.1, 0.15) is 6.92 Å². The maximum atomic E-state index is 12.4. The highest BCUT2D eigenvalue weighted by atomic mass is 35.5. The molecule has 0 aromatic heterocycles. The normalized spacial score (nSPS) is 26.7. The van der Waals surface area contributed by atoms with Crippen molar-refractivity contribution in [2.45, 2.75) is 19.0 Å². The summed E-state index contributed by atoms with van der Waals surface area (Å²) in [5.41, 5.74) is 0. The molecule has 0 aliphatic carbocycles.